The number of hydrogen-bond acceptors (Lipinski definition) is 3. The number of hydrogen-bond donors (Lipinski definition) is 0. The monoisotopic (exact) mass is 342 g/mol. The standard InChI is InChI=1S/C17H14F4O3/c1-24-15(23)9-11-2-3-14(18)13(8-11)12-4-6-16(10-22,7-5-12)17(19,20)21/h2-8,10,12H,9H2,1H3. The highest BCUT2D eigenvalue weighted by Crippen LogP contribution is 2.43. The second-order valence-electron chi connectivity index (χ2n) is 5.40. The predicted octanol–water partition coefficient (Wildman–Crippen LogP) is 3.50. The second kappa shape index (κ2) is 6.59. The first-order chi connectivity index (χ1) is 11.2. The molecule has 0 unspecified atom stereocenters. The van der Waals surface area contributed by atoms with Crippen molar-refractivity contribution >= 4 is 12.3 Å². The predicted molar refractivity (Wildman–Crippen MR) is 77.7 cm³/mol. The van der Waals surface area contributed by atoms with Crippen LogP contribution in [0, 0.1) is 11.2 Å². The number of halogens is 4. The molecule has 1 aromatic rings. The van der Waals surface area contributed by atoms with Crippen LogP contribution in [0.1, 0.15) is 17.0 Å². The number of allylic oxidation sites excluding steroid dienone is 4. The van der Waals surface area contributed by atoms with Crippen LogP contribution in [0.3, 0.4) is 0 Å². The van der Waals surface area contributed by atoms with Crippen molar-refractivity contribution in [3.8, 4) is 0 Å². The van der Waals surface area contributed by atoms with Crippen molar-refractivity contribution in [2.75, 3.05) is 7.11 Å². The molecule has 1 aromatic carbocycles. The molecule has 0 saturated heterocycles. The summed E-state index contributed by atoms with van der Waals surface area (Å²) in [5, 5.41) is 0. The van der Waals surface area contributed by atoms with Crippen LogP contribution in [0.5, 0.6) is 0 Å². The van der Waals surface area contributed by atoms with Crippen LogP contribution < -0.4 is 0 Å². The van der Waals surface area contributed by atoms with E-state index in [9.17, 15) is 27.2 Å². The molecule has 128 valence electrons. The van der Waals surface area contributed by atoms with E-state index in [0.717, 1.165) is 30.4 Å². The summed E-state index contributed by atoms with van der Waals surface area (Å²) in [6.07, 6.45) is -1.35. The van der Waals surface area contributed by atoms with Gasteiger partial charge in [0.15, 0.2) is 5.41 Å². The Hall–Kier alpha value is -2.44. The molecule has 2 rings (SSSR count). The highest BCUT2D eigenvalue weighted by atomic mass is 19.4. The maximum atomic E-state index is 14.0. The van der Waals surface area contributed by atoms with E-state index in [2.05, 4.69) is 4.74 Å². The number of rotatable bonds is 4. The van der Waals surface area contributed by atoms with E-state index < -0.39 is 29.3 Å². The molecule has 0 amide bonds. The first kappa shape index (κ1) is 17.9. The first-order valence-corrected chi connectivity index (χ1v) is 6.99. The third kappa shape index (κ3) is 3.39. The number of aldehydes is 1. The fraction of sp³-hybridized carbons (Fsp3) is 0.294. The number of ether oxygens (including phenoxy) is 1. The van der Waals surface area contributed by atoms with Crippen LogP contribution in [0.25, 0.3) is 0 Å². The minimum Gasteiger partial charge on any atom is -0.469 e. The van der Waals surface area contributed by atoms with Gasteiger partial charge in [-0.25, -0.2) is 4.39 Å². The molecule has 0 spiro atoms. The molecular weight excluding hydrogens is 328 g/mol. The molecule has 0 radical (unpaired) electrons. The van der Waals surface area contributed by atoms with Gasteiger partial charge in [-0.15, -0.1) is 0 Å². The fourth-order valence-electron chi connectivity index (χ4n) is 2.38. The normalized spacial score (nSPS) is 23.1. The fourth-order valence-corrected chi connectivity index (χ4v) is 2.38. The van der Waals surface area contributed by atoms with Crippen molar-refractivity contribution in [3.63, 3.8) is 0 Å². The molecule has 7 heteroatoms. The van der Waals surface area contributed by atoms with Gasteiger partial charge in [-0.1, -0.05) is 36.4 Å². The molecule has 0 aromatic heterocycles. The Morgan fingerprint density at radius 3 is 2.42 bits per heavy atom. The highest BCUT2D eigenvalue weighted by Gasteiger charge is 2.52. The van der Waals surface area contributed by atoms with Gasteiger partial charge >= 0.3 is 12.1 Å². The molecule has 0 saturated carbocycles. The molecule has 3 nitrogen and oxygen atoms in total. The maximum Gasteiger partial charge on any atom is 0.407 e. The van der Waals surface area contributed by atoms with Gasteiger partial charge in [-0.3, -0.25) is 4.79 Å². The van der Waals surface area contributed by atoms with E-state index in [1.807, 2.05) is 0 Å². The van der Waals surface area contributed by atoms with E-state index >= 15 is 0 Å². The van der Waals surface area contributed by atoms with E-state index in [1.165, 1.54) is 19.2 Å². The van der Waals surface area contributed by atoms with Gasteiger partial charge in [-0.05, 0) is 17.2 Å². The van der Waals surface area contributed by atoms with Crippen molar-refractivity contribution < 1.29 is 31.9 Å². The minimum atomic E-state index is -4.77. The molecule has 1 aliphatic rings. The summed E-state index contributed by atoms with van der Waals surface area (Å²) in [6.45, 7) is 0. The highest BCUT2D eigenvalue weighted by molar-refractivity contribution is 5.72. The Balaban J connectivity index is 2.31. The Kier molecular flexibility index (Phi) is 4.91. The lowest BCUT2D eigenvalue weighted by Crippen LogP contribution is -2.37. The number of carbonyl (C=O) groups is 2. The minimum absolute atomic E-state index is 0.0786. The zero-order chi connectivity index (χ0) is 18.0. The van der Waals surface area contributed by atoms with E-state index in [-0.39, 0.29) is 18.3 Å². The van der Waals surface area contributed by atoms with Crippen LogP contribution in [-0.2, 0) is 20.7 Å². The van der Waals surface area contributed by atoms with Crippen LogP contribution in [0.2, 0.25) is 0 Å². The lowest BCUT2D eigenvalue weighted by molar-refractivity contribution is -0.186. The quantitative estimate of drug-likeness (QED) is 0.364. The average Bonchev–Trinajstić information content (AvgIpc) is 2.55. The number of esters is 1. The van der Waals surface area contributed by atoms with E-state index in [4.69, 9.17) is 0 Å². The first-order valence-electron chi connectivity index (χ1n) is 6.99. The van der Waals surface area contributed by atoms with Gasteiger partial charge in [0.05, 0.1) is 13.5 Å². The zero-order valence-corrected chi connectivity index (χ0v) is 12.6. The molecule has 0 N–H and O–H groups in total. The van der Waals surface area contributed by atoms with Crippen LogP contribution in [-0.4, -0.2) is 25.5 Å². The molecule has 0 heterocycles. The topological polar surface area (TPSA) is 43.4 Å². The lowest BCUT2D eigenvalue weighted by Gasteiger charge is -2.28. The Bertz CT molecular complexity index is 690. The van der Waals surface area contributed by atoms with Crippen molar-refractivity contribution in [2.24, 2.45) is 5.41 Å². The van der Waals surface area contributed by atoms with Gasteiger partial charge in [0.25, 0.3) is 0 Å². The Morgan fingerprint density at radius 2 is 1.92 bits per heavy atom. The second-order valence-corrected chi connectivity index (χ2v) is 5.40. The number of methoxy groups -OCH3 is 1. The molecule has 0 fully saturated rings. The van der Waals surface area contributed by atoms with Crippen LogP contribution in [0.15, 0.2) is 42.5 Å². The maximum absolute atomic E-state index is 14.0. The molecular formula is C17H14F4O3. The van der Waals surface area contributed by atoms with Crippen LogP contribution >= 0.6 is 0 Å². The van der Waals surface area contributed by atoms with Gasteiger partial charge in [0.1, 0.15) is 12.1 Å². The molecule has 0 atom stereocenters. The SMILES string of the molecule is COC(=O)Cc1ccc(F)c(C2C=CC(C=O)(C(F)(F)F)C=C2)c1. The lowest BCUT2D eigenvalue weighted by atomic mass is 9.80. The Labute approximate surface area is 135 Å². The largest absolute Gasteiger partial charge is 0.469 e. The van der Waals surface area contributed by atoms with Crippen LogP contribution in [0.4, 0.5) is 17.6 Å². The van der Waals surface area contributed by atoms with Gasteiger partial charge in [-0.2, -0.15) is 13.2 Å². The smallest absolute Gasteiger partial charge is 0.407 e. The van der Waals surface area contributed by atoms with E-state index in [1.54, 1.807) is 0 Å². The number of benzene rings is 1. The summed E-state index contributed by atoms with van der Waals surface area (Å²) >= 11 is 0. The van der Waals surface area contributed by atoms with Crippen molar-refractivity contribution in [2.45, 2.75) is 18.5 Å². The van der Waals surface area contributed by atoms with Gasteiger partial charge in [0, 0.05) is 5.92 Å². The van der Waals surface area contributed by atoms with Crippen molar-refractivity contribution in [1.82, 2.24) is 0 Å². The van der Waals surface area contributed by atoms with Gasteiger partial charge in [0.2, 0.25) is 0 Å². The molecule has 24 heavy (non-hydrogen) atoms. The van der Waals surface area contributed by atoms with Crippen molar-refractivity contribution in [1.29, 1.82) is 0 Å². The summed E-state index contributed by atoms with van der Waals surface area (Å²) < 4.78 is 57.5. The third-order valence-electron chi connectivity index (χ3n) is 3.84. The summed E-state index contributed by atoms with van der Waals surface area (Å²) in [6, 6.07) is 3.94. The number of alkyl halides is 3. The van der Waals surface area contributed by atoms with E-state index in [0.29, 0.717) is 5.56 Å². The molecule has 0 bridgehead atoms. The summed E-state index contributed by atoms with van der Waals surface area (Å²) in [5.74, 6) is -1.90. The summed E-state index contributed by atoms with van der Waals surface area (Å²) in [5.41, 5.74) is -2.10. The Morgan fingerprint density at radius 1 is 1.29 bits per heavy atom. The number of carbonyl (C=O) groups excluding carboxylic acids is 2. The summed E-state index contributed by atoms with van der Waals surface area (Å²) in [4.78, 5) is 22.2. The zero-order valence-electron chi connectivity index (χ0n) is 12.6. The van der Waals surface area contributed by atoms with Gasteiger partial charge < -0.3 is 9.53 Å². The summed E-state index contributed by atoms with van der Waals surface area (Å²) in [7, 11) is 1.22. The van der Waals surface area contributed by atoms with Crippen molar-refractivity contribution in [3.05, 3.63) is 59.4 Å². The average molecular weight is 342 g/mol. The molecule has 0 aliphatic heterocycles. The third-order valence-corrected chi connectivity index (χ3v) is 3.84. The molecule has 1 aliphatic carbocycles.